The highest BCUT2D eigenvalue weighted by molar-refractivity contribution is 5.56. The van der Waals surface area contributed by atoms with E-state index in [1.54, 1.807) is 12.3 Å². The number of H-pyrrole nitrogens is 1. The minimum Gasteiger partial charge on any atom is -0.372 e. The summed E-state index contributed by atoms with van der Waals surface area (Å²) in [4.78, 5) is 26.2. The molecule has 3 aromatic rings. The molecule has 0 spiro atoms. The van der Waals surface area contributed by atoms with Crippen molar-refractivity contribution in [2.75, 3.05) is 20.2 Å². The number of aromatic amines is 1. The van der Waals surface area contributed by atoms with E-state index in [-0.39, 0.29) is 11.7 Å². The Balaban J connectivity index is 1.46. The number of hydrogen-bond donors (Lipinski definition) is 1. The normalized spacial score (nSPS) is 16.4. The Morgan fingerprint density at radius 2 is 2.10 bits per heavy atom. The molecule has 0 radical (unpaired) electrons. The molecule has 1 unspecified atom stereocenters. The van der Waals surface area contributed by atoms with Crippen molar-refractivity contribution >= 4 is 0 Å². The van der Waals surface area contributed by atoms with Gasteiger partial charge in [0.2, 0.25) is 0 Å². The largest absolute Gasteiger partial charge is 0.372 e. The zero-order valence-electron chi connectivity index (χ0n) is 16.7. The molecule has 1 saturated heterocycles. The maximum atomic E-state index is 12.2. The molecule has 2 aromatic heterocycles. The second kappa shape index (κ2) is 9.11. The zero-order chi connectivity index (χ0) is 20.1. The minimum absolute atomic E-state index is 0.0714. The Morgan fingerprint density at radius 3 is 2.90 bits per heavy atom. The molecule has 1 aromatic carbocycles. The Hall–Kier alpha value is -2.83. The van der Waals surface area contributed by atoms with E-state index in [4.69, 9.17) is 4.74 Å². The average Bonchev–Trinajstić information content (AvgIpc) is 3.28. The van der Waals surface area contributed by atoms with Crippen molar-refractivity contribution in [3.63, 3.8) is 0 Å². The summed E-state index contributed by atoms with van der Waals surface area (Å²) in [6, 6.07) is 13.8. The lowest BCUT2D eigenvalue weighted by Gasteiger charge is -2.17. The number of rotatable bonds is 7. The predicted octanol–water partition coefficient (Wildman–Crippen LogP) is 3.36. The lowest BCUT2D eigenvalue weighted by Crippen LogP contribution is -2.20. The van der Waals surface area contributed by atoms with Gasteiger partial charge in [-0.15, -0.1) is 0 Å². The van der Waals surface area contributed by atoms with Crippen LogP contribution in [0, 0.1) is 0 Å². The summed E-state index contributed by atoms with van der Waals surface area (Å²) >= 11 is 0. The molecule has 6 heteroatoms. The van der Waals surface area contributed by atoms with Crippen LogP contribution in [0.1, 0.15) is 35.8 Å². The highest BCUT2D eigenvalue weighted by atomic mass is 16.5. The fourth-order valence-corrected chi connectivity index (χ4v) is 3.66. The number of benzene rings is 1. The van der Waals surface area contributed by atoms with Gasteiger partial charge in [-0.3, -0.25) is 9.78 Å². The summed E-state index contributed by atoms with van der Waals surface area (Å²) in [5, 5.41) is 0. The van der Waals surface area contributed by atoms with Gasteiger partial charge in [-0.25, -0.2) is 4.98 Å². The van der Waals surface area contributed by atoms with Crippen LogP contribution in [0.3, 0.4) is 0 Å². The van der Waals surface area contributed by atoms with E-state index in [1.165, 1.54) is 11.1 Å². The van der Waals surface area contributed by atoms with E-state index in [0.717, 1.165) is 50.2 Å². The van der Waals surface area contributed by atoms with Gasteiger partial charge in [0.15, 0.2) is 0 Å². The molecule has 1 fully saturated rings. The number of pyridine rings is 1. The van der Waals surface area contributed by atoms with E-state index in [9.17, 15) is 4.79 Å². The van der Waals surface area contributed by atoms with Gasteiger partial charge in [-0.1, -0.05) is 24.3 Å². The lowest BCUT2D eigenvalue weighted by molar-refractivity contribution is 0.108. The van der Waals surface area contributed by atoms with Crippen LogP contribution in [-0.2, 0) is 17.7 Å². The standard InChI is InChI=1S/C23H26N4O2/c1-27(11-9-17-6-3-10-24-15-17)16-18-5-2-7-19(13-18)23-25-20(14-22(28)26-23)21-8-4-12-29-21/h2-3,5-7,10,13-15,21H,4,8-9,11-12,16H2,1H3,(H,25,26,28). The molecule has 150 valence electrons. The van der Waals surface area contributed by atoms with Gasteiger partial charge in [0.1, 0.15) is 5.82 Å². The molecular weight excluding hydrogens is 364 g/mol. The van der Waals surface area contributed by atoms with Crippen molar-refractivity contribution in [3.05, 3.63) is 82.0 Å². The average molecular weight is 390 g/mol. The summed E-state index contributed by atoms with van der Waals surface area (Å²) in [6.45, 7) is 2.50. The first-order valence-corrected chi connectivity index (χ1v) is 10.1. The monoisotopic (exact) mass is 390 g/mol. The Morgan fingerprint density at radius 1 is 1.21 bits per heavy atom. The van der Waals surface area contributed by atoms with Crippen molar-refractivity contribution in [1.29, 1.82) is 0 Å². The van der Waals surface area contributed by atoms with Crippen molar-refractivity contribution in [2.24, 2.45) is 0 Å². The van der Waals surface area contributed by atoms with Crippen LogP contribution in [0.2, 0.25) is 0 Å². The first-order chi connectivity index (χ1) is 14.2. The summed E-state index contributed by atoms with van der Waals surface area (Å²) in [5.74, 6) is 0.600. The van der Waals surface area contributed by atoms with E-state index in [1.807, 2.05) is 24.4 Å². The van der Waals surface area contributed by atoms with Crippen LogP contribution in [0.5, 0.6) is 0 Å². The van der Waals surface area contributed by atoms with Crippen molar-refractivity contribution < 1.29 is 4.74 Å². The fourth-order valence-electron chi connectivity index (χ4n) is 3.66. The summed E-state index contributed by atoms with van der Waals surface area (Å²) < 4.78 is 5.70. The SMILES string of the molecule is CN(CCc1cccnc1)Cc1cccc(-c2nc(C3CCCO3)cc(=O)[nH]2)c1. The van der Waals surface area contributed by atoms with Gasteiger partial charge in [-0.2, -0.15) is 0 Å². The van der Waals surface area contributed by atoms with Gasteiger partial charge in [0, 0.05) is 43.7 Å². The number of ether oxygens (including phenoxy) is 1. The molecule has 1 aliphatic heterocycles. The van der Waals surface area contributed by atoms with Crippen LogP contribution in [0.15, 0.2) is 59.7 Å². The van der Waals surface area contributed by atoms with Crippen molar-refractivity contribution in [1.82, 2.24) is 19.9 Å². The third-order valence-electron chi connectivity index (χ3n) is 5.18. The number of likely N-dealkylation sites (N-methyl/N-ethyl adjacent to an activating group) is 1. The topological polar surface area (TPSA) is 71.1 Å². The zero-order valence-corrected chi connectivity index (χ0v) is 16.7. The van der Waals surface area contributed by atoms with E-state index in [0.29, 0.717) is 5.82 Å². The molecule has 0 amide bonds. The van der Waals surface area contributed by atoms with E-state index < -0.39 is 0 Å². The molecule has 6 nitrogen and oxygen atoms in total. The molecule has 1 atom stereocenters. The molecule has 29 heavy (non-hydrogen) atoms. The van der Waals surface area contributed by atoms with Crippen LogP contribution in [0.25, 0.3) is 11.4 Å². The van der Waals surface area contributed by atoms with Crippen LogP contribution in [0.4, 0.5) is 0 Å². The molecule has 1 aliphatic rings. The van der Waals surface area contributed by atoms with Gasteiger partial charge in [-0.05, 0) is 49.6 Å². The molecule has 3 heterocycles. The quantitative estimate of drug-likeness (QED) is 0.670. The third-order valence-corrected chi connectivity index (χ3v) is 5.18. The first kappa shape index (κ1) is 19.5. The molecule has 1 N–H and O–H groups in total. The second-order valence-electron chi connectivity index (χ2n) is 7.57. The van der Waals surface area contributed by atoms with Gasteiger partial charge < -0.3 is 14.6 Å². The summed E-state index contributed by atoms with van der Waals surface area (Å²) in [5.41, 5.74) is 3.92. The molecular formula is C23H26N4O2. The second-order valence-corrected chi connectivity index (χ2v) is 7.57. The van der Waals surface area contributed by atoms with Gasteiger partial charge in [0.25, 0.3) is 5.56 Å². The van der Waals surface area contributed by atoms with Gasteiger partial charge in [0.05, 0.1) is 11.8 Å². The molecule has 0 bridgehead atoms. The van der Waals surface area contributed by atoms with Crippen molar-refractivity contribution in [2.45, 2.75) is 31.9 Å². The smallest absolute Gasteiger partial charge is 0.251 e. The van der Waals surface area contributed by atoms with E-state index >= 15 is 0 Å². The molecule has 0 saturated carbocycles. The first-order valence-electron chi connectivity index (χ1n) is 10.1. The van der Waals surface area contributed by atoms with Crippen LogP contribution < -0.4 is 5.56 Å². The summed E-state index contributed by atoms with van der Waals surface area (Å²) in [6.07, 6.45) is 6.52. The Kier molecular flexibility index (Phi) is 6.12. The lowest BCUT2D eigenvalue weighted by atomic mass is 10.1. The van der Waals surface area contributed by atoms with E-state index in [2.05, 4.69) is 45.1 Å². The maximum absolute atomic E-state index is 12.2. The number of nitrogens with zero attached hydrogens (tertiary/aromatic N) is 3. The van der Waals surface area contributed by atoms with Crippen molar-refractivity contribution in [3.8, 4) is 11.4 Å². The number of aromatic nitrogens is 3. The fraction of sp³-hybridized carbons (Fsp3) is 0.348. The van der Waals surface area contributed by atoms with Gasteiger partial charge >= 0.3 is 0 Å². The highest BCUT2D eigenvalue weighted by Gasteiger charge is 2.20. The third kappa shape index (κ3) is 5.16. The molecule has 4 rings (SSSR count). The van der Waals surface area contributed by atoms with Crippen LogP contribution in [-0.4, -0.2) is 40.1 Å². The predicted molar refractivity (Wildman–Crippen MR) is 112 cm³/mol. The maximum Gasteiger partial charge on any atom is 0.251 e. The minimum atomic E-state index is -0.139. The molecule has 0 aliphatic carbocycles. The Bertz CT molecular complexity index is 997. The highest BCUT2D eigenvalue weighted by Crippen LogP contribution is 2.27. The Labute approximate surface area is 170 Å². The summed E-state index contributed by atoms with van der Waals surface area (Å²) in [7, 11) is 2.11. The number of nitrogens with one attached hydrogen (secondary N) is 1. The number of hydrogen-bond acceptors (Lipinski definition) is 5. The van der Waals surface area contributed by atoms with Crippen LogP contribution >= 0.6 is 0 Å².